The maximum atomic E-state index is 9.47. The lowest BCUT2D eigenvalue weighted by Gasteiger charge is -2.21. The lowest BCUT2D eigenvalue weighted by molar-refractivity contribution is -0.143. The number of ether oxygens (including phenoxy) is 2. The third-order valence-corrected chi connectivity index (χ3v) is 10.6. The van der Waals surface area contributed by atoms with Crippen LogP contribution in [0.5, 0.6) is 0 Å². The van der Waals surface area contributed by atoms with Crippen LogP contribution in [-0.4, -0.2) is 62.4 Å². The largest absolute Gasteiger partial charge is 0.384 e. The molecule has 0 bridgehead atoms. The first-order valence-corrected chi connectivity index (χ1v) is 18.0. The summed E-state index contributed by atoms with van der Waals surface area (Å²) < 4.78 is 18.8. The van der Waals surface area contributed by atoms with Gasteiger partial charge in [0.1, 0.15) is 25.0 Å². The lowest BCUT2D eigenvalue weighted by atomic mass is 9.96. The summed E-state index contributed by atoms with van der Waals surface area (Å²) in [5.41, 5.74) is 4.62. The molecule has 2 aliphatic rings. The topological polar surface area (TPSA) is 172 Å². The Morgan fingerprint density at radius 1 is 0.692 bits per heavy atom. The molecule has 0 aliphatic heterocycles. The smallest absolute Gasteiger partial charge is 0.216 e. The van der Waals surface area contributed by atoms with Crippen molar-refractivity contribution in [1.82, 2.24) is 48.8 Å². The van der Waals surface area contributed by atoms with E-state index in [4.69, 9.17) is 14.3 Å². The maximum Gasteiger partial charge on any atom is 0.216 e. The highest BCUT2D eigenvalue weighted by Crippen LogP contribution is 2.38. The van der Waals surface area contributed by atoms with Crippen LogP contribution in [0.25, 0.3) is 44.6 Å². The Morgan fingerprint density at radius 2 is 1.25 bits per heavy atom. The predicted octanol–water partition coefficient (Wildman–Crippen LogP) is 6.23. The first kappa shape index (κ1) is 33.5. The molecule has 15 heteroatoms. The minimum Gasteiger partial charge on any atom is -0.384 e. The number of rotatable bonds is 15. The molecule has 2 fully saturated rings. The molecule has 0 saturated heterocycles. The van der Waals surface area contributed by atoms with Crippen LogP contribution in [-0.2, 0) is 16.2 Å². The Hall–Kier alpha value is -5.64. The molecule has 6 aromatic heterocycles. The molecule has 0 unspecified atom stereocenters. The molecule has 0 aromatic carbocycles. The van der Waals surface area contributed by atoms with E-state index < -0.39 is 0 Å². The molecule has 8 rings (SSSR count). The van der Waals surface area contributed by atoms with Crippen molar-refractivity contribution < 1.29 is 14.3 Å². The van der Waals surface area contributed by atoms with E-state index in [1.165, 1.54) is 32.0 Å². The highest BCUT2D eigenvalue weighted by Gasteiger charge is 2.29. The van der Waals surface area contributed by atoms with E-state index in [1.807, 2.05) is 50.9 Å². The van der Waals surface area contributed by atoms with Gasteiger partial charge in [0.2, 0.25) is 6.79 Å². The van der Waals surface area contributed by atoms with Crippen LogP contribution in [0.3, 0.4) is 0 Å². The number of hydrogen-bond donors (Lipinski definition) is 0. The lowest BCUT2D eigenvalue weighted by Crippen LogP contribution is -2.17. The van der Waals surface area contributed by atoms with Crippen molar-refractivity contribution in [3.8, 4) is 34.7 Å². The van der Waals surface area contributed by atoms with Gasteiger partial charge in [-0.25, -0.2) is 19.9 Å². The van der Waals surface area contributed by atoms with Crippen LogP contribution in [0.15, 0.2) is 62.0 Å². The summed E-state index contributed by atoms with van der Waals surface area (Å²) in [6, 6.07) is 8.72. The van der Waals surface area contributed by atoms with Crippen molar-refractivity contribution in [3.63, 3.8) is 0 Å². The van der Waals surface area contributed by atoms with Crippen molar-refractivity contribution in [2.75, 3.05) is 13.6 Å². The monoisotopic (exact) mass is 700 g/mol. The zero-order valence-corrected chi connectivity index (χ0v) is 28.9. The molecular weight excluding hydrogens is 660 g/mol. The fourth-order valence-corrected chi connectivity index (χ4v) is 8.03. The normalized spacial score (nSPS) is 16.4. The van der Waals surface area contributed by atoms with Gasteiger partial charge >= 0.3 is 0 Å². The fourth-order valence-electron chi connectivity index (χ4n) is 8.03. The van der Waals surface area contributed by atoms with Crippen LogP contribution in [0.2, 0.25) is 0 Å². The standard InChI is InChI=1S/C37H40N12O3/c38-13-9-32(26-5-1-2-6-26)47-19-28(17-44-47)34-30-11-15-46(36(30)42-21-40-34)23-50-24-51-25-52-49-16-12-31-35(41-22-43-37(31)49)29-18-45-48(20-29)33(10-14-39)27-7-3-4-8-27/h11-12,15-22,26-27,32-33H,1-10,23-25H2/t32-,33-/m1/s1. The van der Waals surface area contributed by atoms with Gasteiger partial charge in [-0.3, -0.25) is 9.36 Å². The second-order valence-corrected chi connectivity index (χ2v) is 13.6. The number of fused-ring (bicyclic) bond motifs is 2. The molecule has 15 nitrogen and oxygen atoms in total. The molecule has 0 amide bonds. The van der Waals surface area contributed by atoms with Crippen LogP contribution in [0, 0.1) is 34.5 Å². The highest BCUT2D eigenvalue weighted by atomic mass is 16.8. The van der Waals surface area contributed by atoms with E-state index in [1.54, 1.807) is 23.5 Å². The Balaban J connectivity index is 0.865. The van der Waals surface area contributed by atoms with E-state index in [0.29, 0.717) is 30.3 Å². The van der Waals surface area contributed by atoms with Gasteiger partial charge in [0.15, 0.2) is 12.4 Å². The van der Waals surface area contributed by atoms with E-state index in [0.717, 1.165) is 64.6 Å². The zero-order chi connectivity index (χ0) is 35.3. The average Bonchev–Trinajstić information content (AvgIpc) is 4.03. The van der Waals surface area contributed by atoms with E-state index in [9.17, 15) is 10.5 Å². The first-order valence-electron chi connectivity index (χ1n) is 18.0. The molecule has 52 heavy (non-hydrogen) atoms. The van der Waals surface area contributed by atoms with E-state index in [2.05, 4.69) is 42.3 Å². The fraction of sp³-hybridized carbons (Fsp3) is 0.459. The Bertz CT molecular complexity index is 2050. The molecule has 0 N–H and O–H groups in total. The molecule has 0 radical (unpaired) electrons. The number of aromatic nitrogens is 10. The van der Waals surface area contributed by atoms with Gasteiger partial charge < -0.3 is 18.9 Å². The van der Waals surface area contributed by atoms with Crippen LogP contribution < -0.4 is 4.84 Å². The highest BCUT2D eigenvalue weighted by molar-refractivity contribution is 5.91. The maximum absolute atomic E-state index is 9.47. The molecule has 2 saturated carbocycles. The van der Waals surface area contributed by atoms with Gasteiger partial charge in [0.25, 0.3) is 0 Å². The van der Waals surface area contributed by atoms with Gasteiger partial charge in [-0.05, 0) is 49.7 Å². The van der Waals surface area contributed by atoms with Gasteiger partial charge in [0, 0.05) is 46.7 Å². The van der Waals surface area contributed by atoms with Crippen molar-refractivity contribution in [2.45, 2.75) is 83.0 Å². The SMILES string of the molecule is N#CC[C@H](C1CCCC1)n1cc(-c2ncnc3c2ccn3COCOCOn2ccc3c(-c4cnn([C@H](CC#N)C5CCCC5)c4)ncnc32)cn1. The summed E-state index contributed by atoms with van der Waals surface area (Å²) in [5.74, 6) is 0.949. The summed E-state index contributed by atoms with van der Waals surface area (Å²) in [4.78, 5) is 23.9. The Kier molecular flexibility index (Phi) is 9.86. The van der Waals surface area contributed by atoms with E-state index in [-0.39, 0.29) is 32.4 Å². The first-order chi connectivity index (χ1) is 25.7. The third kappa shape index (κ3) is 6.73. The minimum atomic E-state index is -0.0608. The summed E-state index contributed by atoms with van der Waals surface area (Å²) in [5, 5.41) is 29.9. The average molecular weight is 701 g/mol. The van der Waals surface area contributed by atoms with Gasteiger partial charge in [0.05, 0.1) is 60.8 Å². The predicted molar refractivity (Wildman–Crippen MR) is 188 cm³/mol. The van der Waals surface area contributed by atoms with Crippen LogP contribution >= 0.6 is 0 Å². The van der Waals surface area contributed by atoms with Gasteiger partial charge in [-0.2, -0.15) is 25.5 Å². The molecule has 266 valence electrons. The summed E-state index contributed by atoms with van der Waals surface area (Å²) in [6.45, 7) is 0.155. The summed E-state index contributed by atoms with van der Waals surface area (Å²) in [7, 11) is 0. The van der Waals surface area contributed by atoms with Crippen LogP contribution in [0.1, 0.15) is 76.3 Å². The minimum absolute atomic E-state index is 0.00465. The zero-order valence-electron chi connectivity index (χ0n) is 28.9. The van der Waals surface area contributed by atoms with Crippen LogP contribution in [0.4, 0.5) is 0 Å². The quantitative estimate of drug-likeness (QED) is 0.0878. The molecule has 0 spiro atoms. The van der Waals surface area contributed by atoms with Gasteiger partial charge in [-0.1, -0.05) is 25.7 Å². The molecule has 6 aromatic rings. The molecule has 2 atom stereocenters. The summed E-state index contributed by atoms with van der Waals surface area (Å²) >= 11 is 0. The number of hydrogen-bond acceptors (Lipinski definition) is 11. The van der Waals surface area contributed by atoms with Crippen molar-refractivity contribution in [2.24, 2.45) is 11.8 Å². The van der Waals surface area contributed by atoms with E-state index >= 15 is 0 Å². The summed E-state index contributed by atoms with van der Waals surface area (Å²) in [6.07, 6.45) is 24.6. The van der Waals surface area contributed by atoms with Crippen molar-refractivity contribution >= 4 is 22.1 Å². The number of nitrogens with zero attached hydrogens (tertiary/aromatic N) is 12. The second kappa shape index (κ2) is 15.3. The third-order valence-electron chi connectivity index (χ3n) is 10.6. The number of nitriles is 2. The second-order valence-electron chi connectivity index (χ2n) is 13.6. The molecule has 6 heterocycles. The molecule has 2 aliphatic carbocycles. The Labute approximate surface area is 300 Å². The van der Waals surface area contributed by atoms with Crippen molar-refractivity contribution in [1.29, 1.82) is 10.5 Å². The Morgan fingerprint density at radius 3 is 1.85 bits per heavy atom. The van der Waals surface area contributed by atoms with Crippen molar-refractivity contribution in [3.05, 3.63) is 62.0 Å². The van der Waals surface area contributed by atoms with Gasteiger partial charge in [-0.15, -0.1) is 0 Å². The molecular formula is C37H40N12O3.